The molecule has 0 saturated carbocycles. The monoisotopic (exact) mass is 206 g/mol. The quantitative estimate of drug-likeness (QED) is 0.638. The zero-order valence-electron chi connectivity index (χ0n) is 7.89. The van der Waals surface area contributed by atoms with Crippen LogP contribution < -0.4 is 0 Å². The molecule has 0 aliphatic heterocycles. The molecule has 0 unspecified atom stereocenters. The van der Waals surface area contributed by atoms with Crippen LogP contribution >= 0.6 is 12.6 Å². The van der Waals surface area contributed by atoms with E-state index in [-0.39, 0.29) is 11.7 Å². The average Bonchev–Trinajstić information content (AvgIpc) is 2.04. The zero-order chi connectivity index (χ0) is 10.6. The Kier molecular flexibility index (Phi) is 4.61. The number of thiol groups is 1. The Morgan fingerprint density at radius 2 is 1.85 bits per heavy atom. The number of amides is 2. The topological polar surface area (TPSA) is 60.9 Å². The molecule has 0 aliphatic carbocycles. The van der Waals surface area contributed by atoms with E-state index in [4.69, 9.17) is 5.11 Å². The number of carbonyl (C=O) groups is 2. The molecule has 2 amide bonds. The van der Waals surface area contributed by atoms with Crippen LogP contribution in [0.4, 0.5) is 4.79 Å². The van der Waals surface area contributed by atoms with Crippen LogP contribution in [0.5, 0.6) is 0 Å². The van der Waals surface area contributed by atoms with E-state index in [2.05, 4.69) is 12.6 Å². The molecule has 1 atom stereocenters. The summed E-state index contributed by atoms with van der Waals surface area (Å²) in [4.78, 5) is 24.2. The third-order valence-corrected chi connectivity index (χ3v) is 2.01. The lowest BCUT2D eigenvalue weighted by molar-refractivity contribution is -0.132. The van der Waals surface area contributed by atoms with E-state index in [0.29, 0.717) is 0 Å². The Labute approximate surface area is 82.7 Å². The fourth-order valence-electron chi connectivity index (χ4n) is 0.798. The summed E-state index contributed by atoms with van der Waals surface area (Å²) in [5.41, 5.74) is 0. The summed E-state index contributed by atoms with van der Waals surface area (Å²) in [5.74, 6) is -0.0836. The minimum absolute atomic E-state index is 0.180. The summed E-state index contributed by atoms with van der Waals surface area (Å²) >= 11 is 3.93. The van der Waals surface area contributed by atoms with Gasteiger partial charge in [-0.3, -0.25) is 9.69 Å². The first kappa shape index (κ1) is 12.1. The zero-order valence-corrected chi connectivity index (χ0v) is 8.78. The van der Waals surface area contributed by atoms with Crippen molar-refractivity contribution >= 4 is 24.6 Å². The third kappa shape index (κ3) is 3.14. The summed E-state index contributed by atoms with van der Waals surface area (Å²) in [6, 6.07) is -0.712. The lowest BCUT2D eigenvalue weighted by Gasteiger charge is -2.25. The van der Waals surface area contributed by atoms with Crippen LogP contribution in [0.2, 0.25) is 0 Å². The van der Waals surface area contributed by atoms with Crippen LogP contribution in [0.1, 0.15) is 0 Å². The third-order valence-electron chi connectivity index (χ3n) is 1.67. The maximum Gasteiger partial charge on any atom is 0.407 e. The Bertz CT molecular complexity index is 208. The fourth-order valence-corrected chi connectivity index (χ4v) is 1.20. The second-order valence-electron chi connectivity index (χ2n) is 2.82. The first-order valence-electron chi connectivity index (χ1n) is 3.69. The predicted molar refractivity (Wildman–Crippen MR) is 52.1 cm³/mol. The SMILES string of the molecule is CN(C)C(=O)[C@H](CS)N(C)C(=O)O. The molecule has 5 nitrogen and oxygen atoms in total. The highest BCUT2D eigenvalue weighted by Crippen LogP contribution is 2.02. The van der Waals surface area contributed by atoms with Gasteiger partial charge >= 0.3 is 6.09 Å². The fraction of sp³-hybridized carbons (Fsp3) is 0.714. The van der Waals surface area contributed by atoms with Gasteiger partial charge in [-0.05, 0) is 0 Å². The molecule has 13 heavy (non-hydrogen) atoms. The number of hydrogen-bond acceptors (Lipinski definition) is 3. The average molecular weight is 206 g/mol. The Morgan fingerprint density at radius 1 is 1.38 bits per heavy atom. The highest BCUT2D eigenvalue weighted by Gasteiger charge is 2.26. The Hall–Kier alpha value is -0.910. The molecule has 76 valence electrons. The Morgan fingerprint density at radius 3 is 2.08 bits per heavy atom. The summed E-state index contributed by atoms with van der Waals surface area (Å²) in [5, 5.41) is 8.64. The molecular weight excluding hydrogens is 192 g/mol. The number of nitrogens with zero attached hydrogens (tertiary/aromatic N) is 2. The van der Waals surface area contributed by atoms with Crippen LogP contribution in [0, 0.1) is 0 Å². The van der Waals surface area contributed by atoms with Gasteiger partial charge in [0.1, 0.15) is 6.04 Å². The van der Waals surface area contributed by atoms with Crippen LogP contribution in [0.25, 0.3) is 0 Å². The first-order chi connectivity index (χ1) is 5.91. The van der Waals surface area contributed by atoms with Gasteiger partial charge in [-0.2, -0.15) is 12.6 Å². The molecule has 0 spiro atoms. The van der Waals surface area contributed by atoms with E-state index in [1.54, 1.807) is 14.1 Å². The van der Waals surface area contributed by atoms with Gasteiger partial charge in [0.2, 0.25) is 5.91 Å². The molecule has 0 bridgehead atoms. The minimum Gasteiger partial charge on any atom is -0.465 e. The van der Waals surface area contributed by atoms with E-state index in [1.165, 1.54) is 11.9 Å². The van der Waals surface area contributed by atoms with E-state index in [1.807, 2.05) is 0 Å². The van der Waals surface area contributed by atoms with E-state index in [9.17, 15) is 9.59 Å². The molecule has 6 heteroatoms. The largest absolute Gasteiger partial charge is 0.465 e. The smallest absolute Gasteiger partial charge is 0.407 e. The lowest BCUT2D eigenvalue weighted by atomic mass is 10.3. The second-order valence-corrected chi connectivity index (χ2v) is 3.19. The number of carboxylic acid groups (broad SMARTS) is 1. The van der Waals surface area contributed by atoms with Crippen molar-refractivity contribution in [1.29, 1.82) is 0 Å². The molecule has 0 aromatic rings. The van der Waals surface area contributed by atoms with Gasteiger partial charge in [0, 0.05) is 26.9 Å². The maximum atomic E-state index is 11.4. The van der Waals surface area contributed by atoms with Crippen molar-refractivity contribution in [2.24, 2.45) is 0 Å². The summed E-state index contributed by atoms with van der Waals surface area (Å²) in [6.07, 6.45) is -1.13. The van der Waals surface area contributed by atoms with Gasteiger partial charge in [0.25, 0.3) is 0 Å². The number of rotatable bonds is 3. The van der Waals surface area contributed by atoms with Crippen LogP contribution in [0.3, 0.4) is 0 Å². The van der Waals surface area contributed by atoms with Crippen molar-refractivity contribution in [3.05, 3.63) is 0 Å². The van der Waals surface area contributed by atoms with Gasteiger partial charge in [-0.15, -0.1) is 0 Å². The van der Waals surface area contributed by atoms with E-state index >= 15 is 0 Å². The van der Waals surface area contributed by atoms with Gasteiger partial charge in [0.05, 0.1) is 0 Å². The predicted octanol–water partition coefficient (Wildman–Crippen LogP) is -0.0172. The number of likely N-dealkylation sites (N-methyl/N-ethyl adjacent to an activating group) is 2. The molecule has 0 heterocycles. The minimum atomic E-state index is -1.13. The molecule has 0 rings (SSSR count). The van der Waals surface area contributed by atoms with Crippen molar-refractivity contribution in [3.63, 3.8) is 0 Å². The molecule has 1 N–H and O–H groups in total. The molecule has 0 radical (unpaired) electrons. The normalized spacial score (nSPS) is 12.0. The van der Waals surface area contributed by atoms with E-state index < -0.39 is 12.1 Å². The number of hydrogen-bond donors (Lipinski definition) is 2. The summed E-state index contributed by atoms with van der Waals surface area (Å²) in [7, 11) is 4.51. The van der Waals surface area contributed by atoms with Crippen molar-refractivity contribution in [3.8, 4) is 0 Å². The van der Waals surface area contributed by atoms with Crippen molar-refractivity contribution in [2.45, 2.75) is 6.04 Å². The van der Waals surface area contributed by atoms with Crippen LogP contribution in [0.15, 0.2) is 0 Å². The van der Waals surface area contributed by atoms with Crippen LogP contribution in [-0.2, 0) is 4.79 Å². The lowest BCUT2D eigenvalue weighted by Crippen LogP contribution is -2.47. The molecular formula is C7H14N2O3S. The van der Waals surface area contributed by atoms with Crippen molar-refractivity contribution < 1.29 is 14.7 Å². The van der Waals surface area contributed by atoms with Gasteiger partial charge in [-0.1, -0.05) is 0 Å². The van der Waals surface area contributed by atoms with Gasteiger partial charge in [-0.25, -0.2) is 4.79 Å². The molecule has 0 aliphatic rings. The van der Waals surface area contributed by atoms with E-state index in [0.717, 1.165) is 4.90 Å². The summed E-state index contributed by atoms with van der Waals surface area (Å²) < 4.78 is 0. The first-order valence-corrected chi connectivity index (χ1v) is 4.32. The Balaban J connectivity index is 4.50. The van der Waals surface area contributed by atoms with Crippen molar-refractivity contribution in [1.82, 2.24) is 9.80 Å². The molecule has 0 aromatic carbocycles. The van der Waals surface area contributed by atoms with Crippen molar-refractivity contribution in [2.75, 3.05) is 26.9 Å². The van der Waals surface area contributed by atoms with Gasteiger partial charge in [0.15, 0.2) is 0 Å². The number of carbonyl (C=O) groups excluding carboxylic acids is 1. The maximum absolute atomic E-state index is 11.4. The second kappa shape index (κ2) is 4.96. The summed E-state index contributed by atoms with van der Waals surface area (Å²) in [6.45, 7) is 0. The standard InChI is InChI=1S/C7H14N2O3S/c1-8(2)6(10)5(4-13)9(3)7(11)12/h5,13H,4H2,1-3H3,(H,11,12)/t5-/m0/s1. The molecule has 0 aromatic heterocycles. The molecule has 0 saturated heterocycles. The van der Waals surface area contributed by atoms with Gasteiger partial charge < -0.3 is 10.0 Å². The van der Waals surface area contributed by atoms with Crippen LogP contribution in [-0.4, -0.2) is 59.8 Å². The highest BCUT2D eigenvalue weighted by atomic mass is 32.1. The highest BCUT2D eigenvalue weighted by molar-refractivity contribution is 7.80. The molecule has 0 fully saturated rings.